The van der Waals surface area contributed by atoms with Gasteiger partial charge in [0.1, 0.15) is 23.0 Å². The van der Waals surface area contributed by atoms with E-state index in [1.54, 1.807) is 69.7 Å². The first-order valence-corrected chi connectivity index (χ1v) is 10.0. The molecule has 0 atom stereocenters. The topological polar surface area (TPSA) is 86.3 Å². The first-order valence-electron chi connectivity index (χ1n) is 10.0. The fraction of sp³-hybridized carbons (Fsp3) is 0.391. The number of hydrogen-bond acceptors (Lipinski definition) is 6. The number of carbonyl (C=O) groups excluding carboxylic acids is 2. The van der Waals surface area contributed by atoms with E-state index in [0.29, 0.717) is 60.1 Å². The molecule has 2 aromatic rings. The van der Waals surface area contributed by atoms with Gasteiger partial charge in [-0.25, -0.2) is 0 Å². The zero-order valence-corrected chi connectivity index (χ0v) is 18.3. The fourth-order valence-corrected chi connectivity index (χ4v) is 3.55. The van der Waals surface area contributed by atoms with Crippen LogP contribution in [0.3, 0.4) is 0 Å². The van der Waals surface area contributed by atoms with Crippen LogP contribution in [0.15, 0.2) is 36.4 Å². The monoisotopic (exact) mass is 428 g/mol. The number of nitrogens with zero attached hydrogens (tertiary/aromatic N) is 1. The molecule has 0 aliphatic carbocycles. The molecule has 1 aliphatic heterocycles. The fourth-order valence-electron chi connectivity index (χ4n) is 3.55. The summed E-state index contributed by atoms with van der Waals surface area (Å²) in [7, 11) is 6.19. The van der Waals surface area contributed by atoms with Crippen LogP contribution in [-0.4, -0.2) is 64.3 Å². The van der Waals surface area contributed by atoms with Crippen LogP contribution in [0.5, 0.6) is 23.0 Å². The van der Waals surface area contributed by atoms with Crippen molar-refractivity contribution < 1.29 is 28.5 Å². The van der Waals surface area contributed by atoms with Crippen molar-refractivity contribution in [1.82, 2.24) is 10.2 Å². The van der Waals surface area contributed by atoms with Gasteiger partial charge in [0.15, 0.2) is 0 Å². The van der Waals surface area contributed by atoms with Gasteiger partial charge in [-0.3, -0.25) is 9.59 Å². The third-order valence-electron chi connectivity index (χ3n) is 5.33. The Morgan fingerprint density at radius 3 is 1.58 bits per heavy atom. The molecular formula is C23H28N2O6. The predicted octanol–water partition coefficient (Wildman–Crippen LogP) is 2.76. The standard InChI is InChI=1S/C23H28N2O6/c1-28-18-9-15(10-19(13-18)29-2)22(26)24-17-5-7-25(8-6-17)23(27)16-11-20(30-3)14-21(12-16)31-4/h9-14,17H,5-8H2,1-4H3,(H,24,26). The lowest BCUT2D eigenvalue weighted by Gasteiger charge is -2.32. The van der Waals surface area contributed by atoms with Gasteiger partial charge < -0.3 is 29.2 Å². The SMILES string of the molecule is COc1cc(OC)cc(C(=O)NC2CCN(C(=O)c3cc(OC)cc(OC)c3)CC2)c1. The molecule has 1 aliphatic rings. The number of ether oxygens (including phenoxy) is 4. The van der Waals surface area contributed by atoms with E-state index in [0.717, 1.165) is 0 Å². The predicted molar refractivity (Wildman–Crippen MR) is 115 cm³/mol. The molecule has 31 heavy (non-hydrogen) atoms. The Morgan fingerprint density at radius 2 is 1.16 bits per heavy atom. The molecule has 0 bridgehead atoms. The summed E-state index contributed by atoms with van der Waals surface area (Å²) in [6, 6.07) is 10.2. The van der Waals surface area contributed by atoms with Crippen LogP contribution < -0.4 is 24.3 Å². The minimum Gasteiger partial charge on any atom is -0.497 e. The molecule has 2 amide bonds. The largest absolute Gasteiger partial charge is 0.497 e. The van der Waals surface area contributed by atoms with Crippen LogP contribution in [0.2, 0.25) is 0 Å². The number of hydrogen-bond donors (Lipinski definition) is 1. The molecule has 3 rings (SSSR count). The van der Waals surface area contributed by atoms with Gasteiger partial charge in [-0.2, -0.15) is 0 Å². The lowest BCUT2D eigenvalue weighted by Crippen LogP contribution is -2.46. The van der Waals surface area contributed by atoms with Crippen molar-refractivity contribution in [3.05, 3.63) is 47.5 Å². The lowest BCUT2D eigenvalue weighted by molar-refractivity contribution is 0.0697. The number of methoxy groups -OCH3 is 4. The molecule has 2 aromatic carbocycles. The Labute approximate surface area is 182 Å². The average Bonchev–Trinajstić information content (AvgIpc) is 2.83. The number of rotatable bonds is 7. The van der Waals surface area contributed by atoms with Crippen LogP contribution in [0.4, 0.5) is 0 Å². The van der Waals surface area contributed by atoms with Crippen molar-refractivity contribution in [2.24, 2.45) is 0 Å². The number of likely N-dealkylation sites (tertiary alicyclic amines) is 1. The van der Waals surface area contributed by atoms with Crippen molar-refractivity contribution in [1.29, 1.82) is 0 Å². The summed E-state index contributed by atoms with van der Waals surface area (Å²) in [6.07, 6.45) is 1.33. The molecule has 1 heterocycles. The summed E-state index contributed by atoms with van der Waals surface area (Å²) in [5, 5.41) is 3.05. The quantitative estimate of drug-likeness (QED) is 0.730. The molecule has 0 saturated carbocycles. The maximum atomic E-state index is 12.9. The Morgan fingerprint density at radius 1 is 0.742 bits per heavy atom. The molecule has 8 heteroatoms. The molecule has 1 saturated heterocycles. The van der Waals surface area contributed by atoms with E-state index >= 15 is 0 Å². The van der Waals surface area contributed by atoms with Crippen molar-refractivity contribution in [3.8, 4) is 23.0 Å². The van der Waals surface area contributed by atoms with Crippen molar-refractivity contribution in [2.45, 2.75) is 18.9 Å². The summed E-state index contributed by atoms with van der Waals surface area (Å²) in [5.74, 6) is 1.97. The highest BCUT2D eigenvalue weighted by Gasteiger charge is 2.26. The zero-order valence-electron chi connectivity index (χ0n) is 18.3. The van der Waals surface area contributed by atoms with E-state index in [4.69, 9.17) is 18.9 Å². The van der Waals surface area contributed by atoms with Gasteiger partial charge in [0.05, 0.1) is 28.4 Å². The minimum absolute atomic E-state index is 0.0198. The second-order valence-corrected chi connectivity index (χ2v) is 7.24. The van der Waals surface area contributed by atoms with Crippen LogP contribution >= 0.6 is 0 Å². The van der Waals surface area contributed by atoms with Crippen LogP contribution in [-0.2, 0) is 0 Å². The van der Waals surface area contributed by atoms with Gasteiger partial charge in [0.2, 0.25) is 0 Å². The Kier molecular flexibility index (Phi) is 7.23. The second-order valence-electron chi connectivity index (χ2n) is 7.24. The summed E-state index contributed by atoms with van der Waals surface area (Å²) in [4.78, 5) is 27.4. The van der Waals surface area contributed by atoms with Gasteiger partial charge in [-0.05, 0) is 37.1 Å². The lowest BCUT2D eigenvalue weighted by atomic mass is 10.0. The Balaban J connectivity index is 1.61. The first kappa shape index (κ1) is 22.3. The Hall–Kier alpha value is -3.42. The average molecular weight is 428 g/mol. The normalized spacial score (nSPS) is 14.0. The van der Waals surface area contributed by atoms with Gasteiger partial charge in [-0.1, -0.05) is 0 Å². The Bertz CT molecular complexity index is 893. The van der Waals surface area contributed by atoms with Gasteiger partial charge in [-0.15, -0.1) is 0 Å². The van der Waals surface area contributed by atoms with E-state index in [1.807, 2.05) is 0 Å². The summed E-state index contributed by atoms with van der Waals surface area (Å²) >= 11 is 0. The van der Waals surface area contributed by atoms with Crippen molar-refractivity contribution in [3.63, 3.8) is 0 Å². The number of amides is 2. The molecule has 166 valence electrons. The molecular weight excluding hydrogens is 400 g/mol. The zero-order chi connectivity index (χ0) is 22.4. The van der Waals surface area contributed by atoms with Crippen LogP contribution in [0.1, 0.15) is 33.6 Å². The highest BCUT2D eigenvalue weighted by molar-refractivity contribution is 5.96. The van der Waals surface area contributed by atoms with Gasteiger partial charge in [0.25, 0.3) is 11.8 Å². The number of carbonyl (C=O) groups is 2. The van der Waals surface area contributed by atoms with E-state index in [1.165, 1.54) is 0 Å². The number of benzene rings is 2. The number of nitrogens with one attached hydrogen (secondary N) is 1. The van der Waals surface area contributed by atoms with E-state index in [-0.39, 0.29) is 17.9 Å². The molecule has 0 spiro atoms. The third-order valence-corrected chi connectivity index (χ3v) is 5.33. The minimum atomic E-state index is -0.195. The first-order chi connectivity index (χ1) is 15.0. The number of piperidine rings is 1. The molecule has 0 radical (unpaired) electrons. The second kappa shape index (κ2) is 10.1. The van der Waals surface area contributed by atoms with Gasteiger partial charge >= 0.3 is 0 Å². The highest BCUT2D eigenvalue weighted by Crippen LogP contribution is 2.25. The molecule has 1 fully saturated rings. The van der Waals surface area contributed by atoms with Crippen LogP contribution in [0.25, 0.3) is 0 Å². The maximum Gasteiger partial charge on any atom is 0.254 e. The molecule has 1 N–H and O–H groups in total. The van der Waals surface area contributed by atoms with Crippen molar-refractivity contribution >= 4 is 11.8 Å². The molecule has 0 aromatic heterocycles. The van der Waals surface area contributed by atoms with Crippen molar-refractivity contribution in [2.75, 3.05) is 41.5 Å². The van der Waals surface area contributed by atoms with E-state index < -0.39 is 0 Å². The van der Waals surface area contributed by atoms with Crippen LogP contribution in [0, 0.1) is 0 Å². The van der Waals surface area contributed by atoms with Gasteiger partial charge in [0, 0.05) is 42.4 Å². The summed E-state index contributed by atoms with van der Waals surface area (Å²) < 4.78 is 21.0. The third kappa shape index (κ3) is 5.39. The van der Waals surface area contributed by atoms with E-state index in [2.05, 4.69) is 5.32 Å². The van der Waals surface area contributed by atoms with E-state index in [9.17, 15) is 9.59 Å². The summed E-state index contributed by atoms with van der Waals surface area (Å²) in [6.45, 7) is 1.09. The molecule has 0 unspecified atom stereocenters. The maximum absolute atomic E-state index is 12.9. The summed E-state index contributed by atoms with van der Waals surface area (Å²) in [5.41, 5.74) is 0.986. The molecule has 8 nitrogen and oxygen atoms in total. The smallest absolute Gasteiger partial charge is 0.254 e. The highest BCUT2D eigenvalue weighted by atomic mass is 16.5.